The highest BCUT2D eigenvalue weighted by Crippen LogP contribution is 1.98. The van der Waals surface area contributed by atoms with Crippen molar-refractivity contribution in [3.63, 3.8) is 0 Å². The van der Waals surface area contributed by atoms with Crippen LogP contribution in [-0.4, -0.2) is 58.1 Å². The van der Waals surface area contributed by atoms with Gasteiger partial charge in [-0.3, -0.25) is 0 Å². The first-order chi connectivity index (χ1) is 7.20. The summed E-state index contributed by atoms with van der Waals surface area (Å²) < 4.78 is 22.0. The van der Waals surface area contributed by atoms with Crippen LogP contribution in [0.4, 0.5) is 0 Å². The molecule has 0 aliphatic carbocycles. The highest BCUT2D eigenvalue weighted by Gasteiger charge is 2.09. The van der Waals surface area contributed by atoms with E-state index in [1.54, 1.807) is 0 Å². The summed E-state index contributed by atoms with van der Waals surface area (Å²) in [6, 6.07) is 0.503. The lowest BCUT2D eigenvalue weighted by molar-refractivity contribution is 0.291. The van der Waals surface area contributed by atoms with Crippen LogP contribution >= 0.6 is 0 Å². The van der Waals surface area contributed by atoms with Crippen LogP contribution in [0.1, 0.15) is 20.8 Å². The van der Waals surface area contributed by atoms with Gasteiger partial charge in [-0.1, -0.05) is 20.8 Å². The Kier molecular flexibility index (Phi) is 7.19. The Bertz CT molecular complexity index is 276. The Labute approximate surface area is 100 Å². The summed E-state index contributed by atoms with van der Waals surface area (Å²) in [5.74, 6) is 0.778. The third-order valence-corrected chi connectivity index (χ3v) is 3.27. The lowest BCUT2D eigenvalue weighted by Gasteiger charge is -2.22. The minimum Gasteiger partial charge on any atom is -0.314 e. The van der Waals surface area contributed by atoms with Gasteiger partial charge in [0, 0.05) is 25.4 Å². The number of hydrogen-bond acceptors (Lipinski definition) is 4. The summed E-state index contributed by atoms with van der Waals surface area (Å²) >= 11 is 0. The van der Waals surface area contributed by atoms with Crippen molar-refractivity contribution in [2.45, 2.75) is 26.8 Å². The van der Waals surface area contributed by atoms with Gasteiger partial charge in [0.15, 0.2) is 0 Å². The van der Waals surface area contributed by atoms with Gasteiger partial charge >= 0.3 is 0 Å². The molecule has 0 rings (SSSR count). The number of nitrogens with zero attached hydrogens (tertiary/aromatic N) is 1. The van der Waals surface area contributed by atoms with E-state index in [0.29, 0.717) is 18.5 Å². The number of hydrogen-bond donors (Lipinski definition) is 1. The first-order valence-corrected chi connectivity index (χ1v) is 7.86. The van der Waals surface area contributed by atoms with E-state index in [-0.39, 0.29) is 5.75 Å². The van der Waals surface area contributed by atoms with E-state index in [0.717, 1.165) is 13.1 Å². The van der Waals surface area contributed by atoms with E-state index in [1.165, 1.54) is 6.26 Å². The summed E-state index contributed by atoms with van der Waals surface area (Å²) in [7, 11) is -0.869. The SMILES string of the molecule is CC(CNC(C)C)CN(C)CCS(C)(=O)=O. The van der Waals surface area contributed by atoms with Gasteiger partial charge in [0.25, 0.3) is 0 Å². The van der Waals surface area contributed by atoms with Crippen LogP contribution in [-0.2, 0) is 9.84 Å². The molecule has 0 aliphatic heterocycles. The van der Waals surface area contributed by atoms with Crippen molar-refractivity contribution in [2.75, 3.05) is 38.7 Å². The maximum absolute atomic E-state index is 11.0. The van der Waals surface area contributed by atoms with Crippen molar-refractivity contribution in [2.24, 2.45) is 5.92 Å². The van der Waals surface area contributed by atoms with Crippen molar-refractivity contribution >= 4 is 9.84 Å². The predicted octanol–water partition coefficient (Wildman–Crippen LogP) is 0.597. The minimum atomic E-state index is -2.84. The van der Waals surface area contributed by atoms with Gasteiger partial charge in [-0.2, -0.15) is 0 Å². The van der Waals surface area contributed by atoms with Crippen LogP contribution < -0.4 is 5.32 Å². The topological polar surface area (TPSA) is 49.4 Å². The molecule has 1 unspecified atom stereocenters. The van der Waals surface area contributed by atoms with Crippen molar-refractivity contribution in [3.05, 3.63) is 0 Å². The second kappa shape index (κ2) is 7.25. The van der Waals surface area contributed by atoms with Gasteiger partial charge in [-0.05, 0) is 19.5 Å². The van der Waals surface area contributed by atoms with Crippen molar-refractivity contribution in [1.82, 2.24) is 10.2 Å². The molecule has 98 valence electrons. The number of rotatable bonds is 8. The van der Waals surface area contributed by atoms with Gasteiger partial charge in [-0.25, -0.2) is 8.42 Å². The molecule has 0 aromatic heterocycles. The van der Waals surface area contributed by atoms with E-state index in [9.17, 15) is 8.42 Å². The fraction of sp³-hybridized carbons (Fsp3) is 1.00. The van der Waals surface area contributed by atoms with Gasteiger partial charge in [0.2, 0.25) is 0 Å². The molecule has 0 spiro atoms. The Morgan fingerprint density at radius 3 is 2.25 bits per heavy atom. The smallest absolute Gasteiger partial charge is 0.148 e. The molecule has 0 heterocycles. The Hall–Kier alpha value is -0.130. The summed E-state index contributed by atoms with van der Waals surface area (Å²) in [4.78, 5) is 2.08. The molecule has 0 aromatic carbocycles. The third-order valence-electron chi connectivity index (χ3n) is 2.34. The predicted molar refractivity (Wildman–Crippen MR) is 69.5 cm³/mol. The molecule has 0 radical (unpaired) electrons. The summed E-state index contributed by atoms with van der Waals surface area (Å²) in [5.41, 5.74) is 0. The van der Waals surface area contributed by atoms with Crippen LogP contribution in [0.3, 0.4) is 0 Å². The summed E-state index contributed by atoms with van der Waals surface area (Å²) in [5, 5.41) is 3.38. The van der Waals surface area contributed by atoms with Gasteiger partial charge in [0.05, 0.1) is 5.75 Å². The molecule has 1 atom stereocenters. The third kappa shape index (κ3) is 10.4. The Balaban J connectivity index is 3.74. The fourth-order valence-electron chi connectivity index (χ4n) is 1.45. The second-order valence-electron chi connectivity index (χ2n) is 5.06. The quantitative estimate of drug-likeness (QED) is 0.685. The molecule has 0 aromatic rings. The van der Waals surface area contributed by atoms with Crippen molar-refractivity contribution in [1.29, 1.82) is 0 Å². The normalized spacial score (nSPS) is 14.7. The lowest BCUT2D eigenvalue weighted by Crippen LogP contribution is -2.35. The molecule has 0 amide bonds. The number of sulfone groups is 1. The Morgan fingerprint density at radius 2 is 1.81 bits per heavy atom. The second-order valence-corrected chi connectivity index (χ2v) is 7.32. The number of nitrogens with one attached hydrogen (secondary N) is 1. The van der Waals surface area contributed by atoms with Crippen molar-refractivity contribution < 1.29 is 8.42 Å². The Morgan fingerprint density at radius 1 is 1.25 bits per heavy atom. The van der Waals surface area contributed by atoms with E-state index in [2.05, 4.69) is 31.0 Å². The highest BCUT2D eigenvalue weighted by atomic mass is 32.2. The largest absolute Gasteiger partial charge is 0.314 e. The minimum absolute atomic E-state index is 0.244. The van der Waals surface area contributed by atoms with E-state index in [4.69, 9.17) is 0 Å². The molecule has 0 saturated heterocycles. The molecule has 1 N–H and O–H groups in total. The molecule has 0 aliphatic rings. The van der Waals surface area contributed by atoms with E-state index >= 15 is 0 Å². The molecule has 0 saturated carbocycles. The van der Waals surface area contributed by atoms with E-state index < -0.39 is 9.84 Å². The van der Waals surface area contributed by atoms with E-state index in [1.807, 2.05) is 7.05 Å². The molecule has 4 nitrogen and oxygen atoms in total. The fourth-order valence-corrected chi connectivity index (χ4v) is 2.09. The molecule has 16 heavy (non-hydrogen) atoms. The van der Waals surface area contributed by atoms with Crippen LogP contribution in [0.2, 0.25) is 0 Å². The molecule has 0 fully saturated rings. The standard InChI is InChI=1S/C11H26N2O2S/c1-10(2)12-8-11(3)9-13(4)6-7-16(5,14)15/h10-12H,6-9H2,1-5H3. The van der Waals surface area contributed by atoms with Crippen LogP contribution in [0.25, 0.3) is 0 Å². The highest BCUT2D eigenvalue weighted by molar-refractivity contribution is 7.90. The average molecular weight is 250 g/mol. The van der Waals surface area contributed by atoms with Gasteiger partial charge < -0.3 is 10.2 Å². The monoisotopic (exact) mass is 250 g/mol. The van der Waals surface area contributed by atoms with Crippen LogP contribution in [0.15, 0.2) is 0 Å². The molecular formula is C11H26N2O2S. The zero-order valence-electron chi connectivity index (χ0n) is 11.2. The van der Waals surface area contributed by atoms with Gasteiger partial charge in [-0.15, -0.1) is 0 Å². The molecular weight excluding hydrogens is 224 g/mol. The van der Waals surface area contributed by atoms with Crippen LogP contribution in [0, 0.1) is 5.92 Å². The summed E-state index contributed by atoms with van der Waals surface area (Å²) in [6.07, 6.45) is 1.28. The maximum atomic E-state index is 11.0. The summed E-state index contributed by atoms with van der Waals surface area (Å²) in [6.45, 7) is 8.94. The maximum Gasteiger partial charge on any atom is 0.148 e. The lowest BCUT2D eigenvalue weighted by atomic mass is 10.1. The first kappa shape index (κ1) is 15.9. The zero-order chi connectivity index (χ0) is 12.8. The first-order valence-electron chi connectivity index (χ1n) is 5.80. The zero-order valence-corrected chi connectivity index (χ0v) is 12.0. The van der Waals surface area contributed by atoms with Crippen LogP contribution in [0.5, 0.6) is 0 Å². The average Bonchev–Trinajstić information content (AvgIpc) is 2.10. The van der Waals surface area contributed by atoms with Crippen molar-refractivity contribution in [3.8, 4) is 0 Å². The molecule has 5 heteroatoms. The molecule has 0 bridgehead atoms. The van der Waals surface area contributed by atoms with Gasteiger partial charge in [0.1, 0.15) is 9.84 Å².